The Bertz CT molecular complexity index is 733. The largest absolute Gasteiger partial charge is 0.481 e. The highest BCUT2D eigenvalue weighted by Crippen LogP contribution is 2.72. The van der Waals surface area contributed by atoms with Gasteiger partial charge in [0.2, 0.25) is 0 Å². The van der Waals surface area contributed by atoms with Gasteiger partial charge in [0.25, 0.3) is 0 Å². The zero-order valence-electron chi connectivity index (χ0n) is 20.3. The Kier molecular flexibility index (Phi) is 5.89. The van der Waals surface area contributed by atoms with Crippen molar-refractivity contribution in [2.24, 2.45) is 51.8 Å². The Morgan fingerprint density at radius 1 is 1.10 bits per heavy atom. The van der Waals surface area contributed by atoms with E-state index in [1.54, 1.807) is 0 Å². The zero-order valence-corrected chi connectivity index (χ0v) is 20.3. The summed E-state index contributed by atoms with van der Waals surface area (Å²) < 4.78 is 0. The SMILES string of the molecule is CCC[C@@H](C)[C@H]1CC[C@H]2[C@@H]3C(=O)[C@H](CC)C4(C(=O)O)C[C@H](O)CC[C@]4(C)[C@H]3CC[C@]12C. The fourth-order valence-corrected chi connectivity index (χ4v) is 9.84. The molecule has 4 fully saturated rings. The van der Waals surface area contributed by atoms with E-state index in [1.807, 2.05) is 6.92 Å². The van der Waals surface area contributed by atoms with Crippen molar-refractivity contribution >= 4 is 11.8 Å². The van der Waals surface area contributed by atoms with E-state index >= 15 is 0 Å². The monoisotopic (exact) mass is 432 g/mol. The molecular formula is C27H44O4. The molecule has 0 radical (unpaired) electrons. The molecule has 0 aliphatic heterocycles. The van der Waals surface area contributed by atoms with E-state index in [2.05, 4.69) is 27.7 Å². The van der Waals surface area contributed by atoms with Crippen LogP contribution < -0.4 is 0 Å². The lowest BCUT2D eigenvalue weighted by atomic mass is 9.36. The quantitative estimate of drug-likeness (QED) is 0.583. The van der Waals surface area contributed by atoms with Crippen molar-refractivity contribution in [3.8, 4) is 0 Å². The lowest BCUT2D eigenvalue weighted by Crippen LogP contribution is -2.68. The van der Waals surface area contributed by atoms with Gasteiger partial charge in [-0.2, -0.15) is 0 Å². The molecular weight excluding hydrogens is 388 g/mol. The molecule has 4 nitrogen and oxygen atoms in total. The summed E-state index contributed by atoms with van der Waals surface area (Å²) in [6, 6.07) is 0. The molecule has 10 atom stereocenters. The van der Waals surface area contributed by atoms with Crippen LogP contribution in [-0.2, 0) is 9.59 Å². The van der Waals surface area contributed by atoms with Gasteiger partial charge in [-0.05, 0) is 85.9 Å². The second-order valence-corrected chi connectivity index (χ2v) is 12.2. The second-order valence-electron chi connectivity index (χ2n) is 12.2. The number of rotatable bonds is 5. The minimum Gasteiger partial charge on any atom is -0.481 e. The first-order valence-electron chi connectivity index (χ1n) is 13.0. The van der Waals surface area contributed by atoms with Gasteiger partial charge in [-0.15, -0.1) is 0 Å². The van der Waals surface area contributed by atoms with Gasteiger partial charge in [-0.1, -0.05) is 47.5 Å². The van der Waals surface area contributed by atoms with Crippen molar-refractivity contribution in [3.63, 3.8) is 0 Å². The number of carbonyl (C=O) groups is 2. The number of ketones is 1. The third-order valence-corrected chi connectivity index (χ3v) is 11.2. The molecule has 4 saturated carbocycles. The van der Waals surface area contributed by atoms with Crippen molar-refractivity contribution in [3.05, 3.63) is 0 Å². The van der Waals surface area contributed by atoms with Crippen LogP contribution in [0.1, 0.15) is 98.8 Å². The molecule has 31 heavy (non-hydrogen) atoms. The number of carboxylic acids is 1. The Morgan fingerprint density at radius 3 is 2.42 bits per heavy atom. The maximum Gasteiger partial charge on any atom is 0.311 e. The Labute approximate surface area is 188 Å². The molecule has 4 aliphatic rings. The third-order valence-electron chi connectivity index (χ3n) is 11.2. The Morgan fingerprint density at radius 2 is 1.81 bits per heavy atom. The van der Waals surface area contributed by atoms with Gasteiger partial charge < -0.3 is 10.2 Å². The maximum absolute atomic E-state index is 14.1. The molecule has 0 heterocycles. The van der Waals surface area contributed by atoms with Crippen molar-refractivity contribution in [2.45, 2.75) is 105 Å². The summed E-state index contributed by atoms with van der Waals surface area (Å²) >= 11 is 0. The molecule has 0 spiro atoms. The molecule has 0 aromatic rings. The first-order chi connectivity index (χ1) is 14.6. The summed E-state index contributed by atoms with van der Waals surface area (Å²) in [6.45, 7) is 11.3. The van der Waals surface area contributed by atoms with Crippen LogP contribution in [0.5, 0.6) is 0 Å². The van der Waals surface area contributed by atoms with Crippen LogP contribution in [0.25, 0.3) is 0 Å². The number of Topliss-reactive ketones (excluding diaryl/α,β-unsaturated/α-hetero) is 1. The summed E-state index contributed by atoms with van der Waals surface area (Å²) in [5, 5.41) is 21.1. The summed E-state index contributed by atoms with van der Waals surface area (Å²) in [5.74, 6) is 0.824. The standard InChI is InChI=1S/C27H44O4/c1-6-8-16(3)19-9-10-20-22-21(12-13-25(19,20)4)26(5)14-11-17(28)15-27(26,24(30)31)18(7-2)23(22)29/h16-22,28H,6-15H2,1-5H3,(H,30,31)/t16-,17-,18+,19-,20+,21+,22+,25-,26-,27?/m1/s1. The third kappa shape index (κ3) is 2.95. The highest BCUT2D eigenvalue weighted by Gasteiger charge is 2.72. The van der Waals surface area contributed by atoms with Crippen LogP contribution in [0, 0.1) is 51.8 Å². The summed E-state index contributed by atoms with van der Waals surface area (Å²) in [6.07, 6.45) is 8.48. The van der Waals surface area contributed by atoms with Crippen molar-refractivity contribution in [1.82, 2.24) is 0 Å². The van der Waals surface area contributed by atoms with E-state index in [0.29, 0.717) is 30.6 Å². The number of aliphatic hydroxyl groups is 1. The van der Waals surface area contributed by atoms with Gasteiger partial charge in [-0.25, -0.2) is 0 Å². The van der Waals surface area contributed by atoms with Crippen LogP contribution in [0.4, 0.5) is 0 Å². The van der Waals surface area contributed by atoms with E-state index in [1.165, 1.54) is 19.3 Å². The van der Waals surface area contributed by atoms with E-state index in [0.717, 1.165) is 25.7 Å². The van der Waals surface area contributed by atoms with Crippen LogP contribution in [0.15, 0.2) is 0 Å². The summed E-state index contributed by atoms with van der Waals surface area (Å²) in [7, 11) is 0. The smallest absolute Gasteiger partial charge is 0.311 e. The van der Waals surface area contributed by atoms with Gasteiger partial charge in [0.05, 0.1) is 11.5 Å². The van der Waals surface area contributed by atoms with Crippen LogP contribution in [-0.4, -0.2) is 28.1 Å². The van der Waals surface area contributed by atoms with Crippen molar-refractivity contribution < 1.29 is 19.8 Å². The molecule has 0 amide bonds. The molecule has 176 valence electrons. The molecule has 0 bridgehead atoms. The lowest BCUT2D eigenvalue weighted by Gasteiger charge is -2.65. The van der Waals surface area contributed by atoms with Gasteiger partial charge in [0, 0.05) is 11.8 Å². The Hall–Kier alpha value is -0.900. The molecule has 4 heteroatoms. The van der Waals surface area contributed by atoms with Gasteiger partial charge in [0.15, 0.2) is 0 Å². The summed E-state index contributed by atoms with van der Waals surface area (Å²) in [5.41, 5.74) is -1.32. The molecule has 4 rings (SSSR count). The van der Waals surface area contributed by atoms with Gasteiger partial charge in [0.1, 0.15) is 5.78 Å². The number of hydrogen-bond acceptors (Lipinski definition) is 3. The second kappa shape index (κ2) is 7.85. The number of aliphatic carboxylic acids is 1. The predicted octanol–water partition coefficient (Wildman–Crippen LogP) is 5.71. The number of hydrogen-bond donors (Lipinski definition) is 2. The first kappa shape index (κ1) is 23.3. The number of aliphatic hydroxyl groups excluding tert-OH is 1. The minimum atomic E-state index is -1.11. The van der Waals surface area contributed by atoms with Gasteiger partial charge >= 0.3 is 5.97 Å². The van der Waals surface area contributed by atoms with E-state index in [-0.39, 0.29) is 29.5 Å². The van der Waals surface area contributed by atoms with E-state index in [4.69, 9.17) is 0 Å². The van der Waals surface area contributed by atoms with Crippen molar-refractivity contribution in [1.29, 1.82) is 0 Å². The van der Waals surface area contributed by atoms with Crippen LogP contribution in [0.2, 0.25) is 0 Å². The van der Waals surface area contributed by atoms with E-state index < -0.39 is 28.8 Å². The summed E-state index contributed by atoms with van der Waals surface area (Å²) in [4.78, 5) is 27.0. The van der Waals surface area contributed by atoms with E-state index in [9.17, 15) is 19.8 Å². The molecule has 0 saturated heterocycles. The normalized spacial score (nSPS) is 50.3. The zero-order chi connectivity index (χ0) is 22.8. The topological polar surface area (TPSA) is 74.6 Å². The fourth-order valence-electron chi connectivity index (χ4n) is 9.84. The lowest BCUT2D eigenvalue weighted by molar-refractivity contribution is -0.217. The molecule has 4 aliphatic carbocycles. The molecule has 1 unspecified atom stereocenters. The van der Waals surface area contributed by atoms with Gasteiger partial charge in [-0.3, -0.25) is 9.59 Å². The first-order valence-corrected chi connectivity index (χ1v) is 13.0. The van der Waals surface area contributed by atoms with Crippen LogP contribution in [0.3, 0.4) is 0 Å². The minimum absolute atomic E-state index is 0.00949. The highest BCUT2D eigenvalue weighted by molar-refractivity contribution is 5.93. The molecule has 0 aromatic heterocycles. The fraction of sp³-hybridized carbons (Fsp3) is 0.926. The average Bonchev–Trinajstić information content (AvgIpc) is 3.06. The van der Waals surface area contributed by atoms with Crippen LogP contribution >= 0.6 is 0 Å². The molecule has 2 N–H and O–H groups in total. The molecule has 0 aromatic carbocycles. The number of fused-ring (bicyclic) bond motifs is 5. The highest BCUT2D eigenvalue weighted by atomic mass is 16.4. The Balaban J connectivity index is 1.77. The number of carboxylic acid groups (broad SMARTS) is 1. The van der Waals surface area contributed by atoms with Crippen molar-refractivity contribution in [2.75, 3.05) is 0 Å². The maximum atomic E-state index is 14.1. The average molecular weight is 433 g/mol. The predicted molar refractivity (Wildman–Crippen MR) is 121 cm³/mol. The number of carbonyl (C=O) groups excluding carboxylic acids is 1.